The molecule has 0 aliphatic carbocycles. The summed E-state index contributed by atoms with van der Waals surface area (Å²) < 4.78 is 0. The molecule has 1 heterocycles. The number of hydrogen-bond donors (Lipinski definition) is 0. The second-order valence-corrected chi connectivity index (χ2v) is 5.57. The minimum atomic E-state index is 0.758. The number of anilines is 2. The highest BCUT2D eigenvalue weighted by atomic mass is 35.5. The number of carbonyl (C=O) groups is 1. The molecule has 0 radical (unpaired) electrons. The second-order valence-electron chi connectivity index (χ2n) is 5.13. The summed E-state index contributed by atoms with van der Waals surface area (Å²) in [5.41, 5.74) is 2.94. The van der Waals surface area contributed by atoms with Gasteiger partial charge in [0.2, 0.25) is 0 Å². The zero-order valence-corrected chi connectivity index (χ0v) is 12.5. The van der Waals surface area contributed by atoms with Gasteiger partial charge < -0.3 is 9.80 Å². The first-order valence-electron chi connectivity index (χ1n) is 7.07. The fourth-order valence-corrected chi connectivity index (χ4v) is 2.94. The Balaban J connectivity index is 1.72. The van der Waals surface area contributed by atoms with Gasteiger partial charge in [0.15, 0.2) is 6.29 Å². The van der Waals surface area contributed by atoms with E-state index in [0.29, 0.717) is 0 Å². The van der Waals surface area contributed by atoms with E-state index >= 15 is 0 Å². The molecule has 0 N–H and O–H groups in total. The molecule has 108 valence electrons. The highest BCUT2D eigenvalue weighted by Gasteiger charge is 2.19. The van der Waals surface area contributed by atoms with E-state index < -0.39 is 0 Å². The van der Waals surface area contributed by atoms with Crippen LogP contribution in [0.15, 0.2) is 48.5 Å². The number of benzene rings is 2. The lowest BCUT2D eigenvalue weighted by molar-refractivity contribution is 0.112. The molecule has 3 rings (SSSR count). The lowest BCUT2D eigenvalue weighted by Gasteiger charge is -2.37. The van der Waals surface area contributed by atoms with E-state index in [0.717, 1.165) is 54.4 Å². The Hall–Kier alpha value is -2.00. The van der Waals surface area contributed by atoms with Crippen molar-refractivity contribution < 1.29 is 4.79 Å². The fraction of sp³-hybridized carbons (Fsp3) is 0.235. The normalized spacial score (nSPS) is 15.1. The smallest absolute Gasteiger partial charge is 0.152 e. The Morgan fingerprint density at radius 2 is 1.62 bits per heavy atom. The summed E-state index contributed by atoms with van der Waals surface area (Å²) in [4.78, 5) is 15.7. The van der Waals surface area contributed by atoms with Crippen molar-refractivity contribution in [3.05, 3.63) is 59.1 Å². The molecule has 1 aliphatic rings. The molecular formula is C17H17ClN2O. The topological polar surface area (TPSA) is 23.6 Å². The number of piperazine rings is 1. The van der Waals surface area contributed by atoms with Crippen LogP contribution in [0.5, 0.6) is 0 Å². The summed E-state index contributed by atoms with van der Waals surface area (Å²) in [6.07, 6.45) is 0.929. The lowest BCUT2D eigenvalue weighted by Crippen LogP contribution is -2.46. The molecule has 4 heteroatoms. The number of nitrogens with zero attached hydrogens (tertiary/aromatic N) is 2. The van der Waals surface area contributed by atoms with Crippen LogP contribution in [0.1, 0.15) is 10.4 Å². The van der Waals surface area contributed by atoms with Crippen molar-refractivity contribution >= 4 is 29.3 Å². The van der Waals surface area contributed by atoms with E-state index in [1.807, 2.05) is 42.5 Å². The summed E-state index contributed by atoms with van der Waals surface area (Å²) in [6.45, 7) is 3.65. The van der Waals surface area contributed by atoms with Gasteiger partial charge in [0.1, 0.15) is 0 Å². The molecule has 1 aliphatic heterocycles. The first kappa shape index (κ1) is 14.0. The van der Waals surface area contributed by atoms with Gasteiger partial charge in [-0.15, -0.1) is 0 Å². The van der Waals surface area contributed by atoms with E-state index in [9.17, 15) is 4.79 Å². The molecule has 0 spiro atoms. The average molecular weight is 301 g/mol. The maximum Gasteiger partial charge on any atom is 0.152 e. The average Bonchev–Trinajstić information content (AvgIpc) is 2.55. The molecule has 1 saturated heterocycles. The third-order valence-electron chi connectivity index (χ3n) is 3.86. The fourth-order valence-electron chi connectivity index (χ4n) is 2.75. The van der Waals surface area contributed by atoms with Gasteiger partial charge in [-0.3, -0.25) is 4.79 Å². The molecule has 0 atom stereocenters. The summed E-state index contributed by atoms with van der Waals surface area (Å²) in [5, 5.41) is 0.765. The number of rotatable bonds is 3. The van der Waals surface area contributed by atoms with Gasteiger partial charge >= 0.3 is 0 Å². The van der Waals surface area contributed by atoms with Crippen LogP contribution in [0.3, 0.4) is 0 Å². The Morgan fingerprint density at radius 3 is 2.33 bits per heavy atom. The van der Waals surface area contributed by atoms with Crippen LogP contribution in [-0.2, 0) is 0 Å². The summed E-state index contributed by atoms with van der Waals surface area (Å²) in [7, 11) is 0. The molecule has 3 nitrogen and oxygen atoms in total. The first-order chi connectivity index (χ1) is 10.3. The zero-order chi connectivity index (χ0) is 14.7. The van der Waals surface area contributed by atoms with Gasteiger partial charge in [-0.05, 0) is 30.3 Å². The highest BCUT2D eigenvalue weighted by Crippen LogP contribution is 2.24. The summed E-state index contributed by atoms with van der Waals surface area (Å²) >= 11 is 6.05. The Kier molecular flexibility index (Phi) is 4.11. The van der Waals surface area contributed by atoms with Crippen LogP contribution < -0.4 is 9.80 Å². The van der Waals surface area contributed by atoms with Gasteiger partial charge in [-0.2, -0.15) is 0 Å². The number of carbonyl (C=O) groups excluding carboxylic acids is 1. The maximum absolute atomic E-state index is 11.1. The van der Waals surface area contributed by atoms with Gasteiger partial charge in [0.25, 0.3) is 0 Å². The van der Waals surface area contributed by atoms with Crippen LogP contribution in [0, 0.1) is 0 Å². The summed E-state index contributed by atoms with van der Waals surface area (Å²) in [6, 6.07) is 15.7. The van der Waals surface area contributed by atoms with Crippen molar-refractivity contribution in [1.29, 1.82) is 0 Å². The molecule has 0 bridgehead atoms. The molecule has 0 saturated carbocycles. The molecule has 0 unspecified atom stereocenters. The number of hydrogen-bond acceptors (Lipinski definition) is 3. The van der Waals surface area contributed by atoms with E-state index in [2.05, 4.69) is 15.9 Å². The van der Waals surface area contributed by atoms with E-state index in [1.165, 1.54) is 0 Å². The molecular weight excluding hydrogens is 284 g/mol. The molecule has 1 fully saturated rings. The maximum atomic E-state index is 11.1. The Bertz CT molecular complexity index is 636. The van der Waals surface area contributed by atoms with Crippen LogP contribution in [0.25, 0.3) is 0 Å². The van der Waals surface area contributed by atoms with Gasteiger partial charge in [0.05, 0.1) is 0 Å². The van der Waals surface area contributed by atoms with E-state index in [1.54, 1.807) is 0 Å². The van der Waals surface area contributed by atoms with Crippen molar-refractivity contribution in [2.75, 3.05) is 36.0 Å². The van der Waals surface area contributed by atoms with Gasteiger partial charge in [-0.25, -0.2) is 0 Å². The number of para-hydroxylation sites is 1. The third-order valence-corrected chi connectivity index (χ3v) is 4.09. The van der Waals surface area contributed by atoms with Crippen LogP contribution >= 0.6 is 11.6 Å². The second kappa shape index (κ2) is 6.19. The SMILES string of the molecule is O=Cc1ccccc1N1CCN(c2cccc(Cl)c2)CC1. The van der Waals surface area contributed by atoms with Crippen LogP contribution in [0.4, 0.5) is 11.4 Å². The first-order valence-corrected chi connectivity index (χ1v) is 7.45. The largest absolute Gasteiger partial charge is 0.368 e. The molecule has 0 amide bonds. The molecule has 0 aromatic heterocycles. The molecule has 2 aromatic carbocycles. The summed E-state index contributed by atoms with van der Waals surface area (Å²) in [5.74, 6) is 0. The van der Waals surface area contributed by atoms with Crippen LogP contribution in [0.2, 0.25) is 5.02 Å². The predicted octanol–water partition coefficient (Wildman–Crippen LogP) is 3.48. The van der Waals surface area contributed by atoms with Crippen molar-refractivity contribution in [2.24, 2.45) is 0 Å². The molecule has 2 aromatic rings. The zero-order valence-electron chi connectivity index (χ0n) is 11.7. The minimum Gasteiger partial charge on any atom is -0.368 e. The van der Waals surface area contributed by atoms with Crippen molar-refractivity contribution in [3.63, 3.8) is 0 Å². The Morgan fingerprint density at radius 1 is 0.905 bits per heavy atom. The predicted molar refractivity (Wildman–Crippen MR) is 87.7 cm³/mol. The third kappa shape index (κ3) is 3.03. The monoisotopic (exact) mass is 300 g/mol. The van der Waals surface area contributed by atoms with Crippen molar-refractivity contribution in [1.82, 2.24) is 0 Å². The Labute approximate surface area is 129 Å². The van der Waals surface area contributed by atoms with Gasteiger partial charge in [0, 0.05) is 48.1 Å². The lowest BCUT2D eigenvalue weighted by atomic mass is 10.1. The highest BCUT2D eigenvalue weighted by molar-refractivity contribution is 6.30. The number of halogens is 1. The van der Waals surface area contributed by atoms with Crippen molar-refractivity contribution in [3.8, 4) is 0 Å². The van der Waals surface area contributed by atoms with Gasteiger partial charge in [-0.1, -0.05) is 29.8 Å². The standard InChI is InChI=1S/C17H17ClN2O/c18-15-5-3-6-16(12-15)19-8-10-20(11-9-19)17-7-2-1-4-14(17)13-21/h1-7,12-13H,8-11H2. The quantitative estimate of drug-likeness (QED) is 0.811. The van der Waals surface area contributed by atoms with Crippen molar-refractivity contribution in [2.45, 2.75) is 0 Å². The minimum absolute atomic E-state index is 0.758. The molecule has 21 heavy (non-hydrogen) atoms. The van der Waals surface area contributed by atoms with Crippen LogP contribution in [-0.4, -0.2) is 32.5 Å². The van der Waals surface area contributed by atoms with E-state index in [4.69, 9.17) is 11.6 Å². The van der Waals surface area contributed by atoms with E-state index in [-0.39, 0.29) is 0 Å². The number of aldehydes is 1.